The van der Waals surface area contributed by atoms with E-state index in [1.165, 1.54) is 7.05 Å². The van der Waals surface area contributed by atoms with Gasteiger partial charge in [-0.05, 0) is 0 Å². The predicted molar refractivity (Wildman–Crippen MR) is 38.1 cm³/mol. The zero-order valence-electron chi connectivity index (χ0n) is 6.41. The third-order valence-corrected chi connectivity index (χ3v) is 1.17. The number of aliphatic hydroxyl groups excluding tert-OH is 2. The van der Waals surface area contributed by atoms with Gasteiger partial charge in [-0.3, -0.25) is 0 Å². The van der Waals surface area contributed by atoms with Crippen molar-refractivity contribution in [3.05, 3.63) is 0 Å². The maximum absolute atomic E-state index is 10.5. The van der Waals surface area contributed by atoms with Gasteiger partial charge in [0.15, 0.2) is 0 Å². The average molecular weight is 163 g/mol. The molecule has 0 aromatic rings. The van der Waals surface area contributed by atoms with Crippen molar-refractivity contribution in [1.82, 2.24) is 5.32 Å². The highest BCUT2D eigenvalue weighted by Gasteiger charge is 2.07. The number of hydrogen-bond donors (Lipinski definition) is 3. The van der Waals surface area contributed by atoms with Crippen molar-refractivity contribution in [3.63, 3.8) is 0 Å². The van der Waals surface area contributed by atoms with Crippen LogP contribution in [0, 0.1) is 5.92 Å². The van der Waals surface area contributed by atoms with E-state index >= 15 is 0 Å². The number of hydrogen-bond acceptors (Lipinski definition) is 4. The Morgan fingerprint density at radius 1 is 1.55 bits per heavy atom. The molecule has 0 aliphatic heterocycles. The van der Waals surface area contributed by atoms with E-state index in [0.29, 0.717) is 0 Å². The fourth-order valence-electron chi connectivity index (χ4n) is 0.429. The molecule has 0 saturated carbocycles. The Bertz CT molecular complexity index is 113. The van der Waals surface area contributed by atoms with Gasteiger partial charge < -0.3 is 20.3 Å². The summed E-state index contributed by atoms with van der Waals surface area (Å²) >= 11 is 0. The molecular weight excluding hydrogens is 150 g/mol. The van der Waals surface area contributed by atoms with Crippen LogP contribution in [0.3, 0.4) is 0 Å². The van der Waals surface area contributed by atoms with Gasteiger partial charge in [-0.2, -0.15) is 0 Å². The van der Waals surface area contributed by atoms with E-state index in [1.54, 1.807) is 0 Å². The topological polar surface area (TPSA) is 78.8 Å². The SMILES string of the molecule is CNC(=O)OCC(CO)CO. The number of ether oxygens (including phenoxy) is 1. The lowest BCUT2D eigenvalue weighted by molar-refractivity contribution is 0.0748. The minimum atomic E-state index is -0.558. The van der Waals surface area contributed by atoms with Crippen molar-refractivity contribution in [2.75, 3.05) is 26.9 Å². The van der Waals surface area contributed by atoms with Gasteiger partial charge in [0, 0.05) is 13.0 Å². The number of aliphatic hydroxyl groups is 2. The molecule has 5 nitrogen and oxygen atoms in total. The fraction of sp³-hybridized carbons (Fsp3) is 0.833. The quantitative estimate of drug-likeness (QED) is 0.493. The lowest BCUT2D eigenvalue weighted by Gasteiger charge is -2.10. The first-order valence-electron chi connectivity index (χ1n) is 3.30. The standard InChI is InChI=1S/C6H13NO4/c1-7-6(10)11-4-5(2-8)3-9/h5,8-9H,2-4H2,1H3,(H,7,10). The summed E-state index contributed by atoms with van der Waals surface area (Å²) in [5.41, 5.74) is 0. The largest absolute Gasteiger partial charge is 0.449 e. The van der Waals surface area contributed by atoms with Gasteiger partial charge in [-0.25, -0.2) is 4.79 Å². The van der Waals surface area contributed by atoms with Crippen molar-refractivity contribution < 1.29 is 19.7 Å². The zero-order chi connectivity index (χ0) is 8.69. The lowest BCUT2D eigenvalue weighted by Crippen LogP contribution is -2.25. The number of amides is 1. The van der Waals surface area contributed by atoms with E-state index in [-0.39, 0.29) is 25.7 Å². The lowest BCUT2D eigenvalue weighted by atomic mass is 10.2. The number of carbonyl (C=O) groups excluding carboxylic acids is 1. The molecule has 0 bridgehead atoms. The molecule has 0 aromatic carbocycles. The van der Waals surface area contributed by atoms with E-state index in [0.717, 1.165) is 0 Å². The summed E-state index contributed by atoms with van der Waals surface area (Å²) in [5, 5.41) is 19.3. The molecule has 0 aromatic heterocycles. The second-order valence-electron chi connectivity index (χ2n) is 2.08. The summed E-state index contributed by atoms with van der Waals surface area (Å²) in [6.45, 7) is -0.340. The summed E-state index contributed by atoms with van der Waals surface area (Å²) in [6.07, 6.45) is -0.558. The van der Waals surface area contributed by atoms with Gasteiger partial charge in [0.05, 0.1) is 13.2 Å². The fourth-order valence-corrected chi connectivity index (χ4v) is 0.429. The van der Waals surface area contributed by atoms with Gasteiger partial charge in [-0.1, -0.05) is 0 Å². The highest BCUT2D eigenvalue weighted by molar-refractivity contribution is 5.66. The Balaban J connectivity index is 3.42. The van der Waals surface area contributed by atoms with Crippen molar-refractivity contribution in [2.45, 2.75) is 0 Å². The van der Waals surface area contributed by atoms with Crippen LogP contribution < -0.4 is 5.32 Å². The highest BCUT2D eigenvalue weighted by atomic mass is 16.5. The molecule has 3 N–H and O–H groups in total. The molecule has 0 saturated heterocycles. The van der Waals surface area contributed by atoms with Gasteiger partial charge in [0.2, 0.25) is 0 Å². The number of rotatable bonds is 4. The molecule has 11 heavy (non-hydrogen) atoms. The summed E-state index contributed by atoms with van der Waals surface area (Å²) in [6, 6.07) is 0. The molecule has 0 aliphatic carbocycles. The van der Waals surface area contributed by atoms with Crippen LogP contribution in [0.4, 0.5) is 4.79 Å². The van der Waals surface area contributed by atoms with Gasteiger partial charge in [0.1, 0.15) is 6.61 Å². The van der Waals surface area contributed by atoms with Gasteiger partial charge in [-0.15, -0.1) is 0 Å². The van der Waals surface area contributed by atoms with Gasteiger partial charge in [0.25, 0.3) is 0 Å². The molecule has 0 heterocycles. The molecule has 5 heteroatoms. The van der Waals surface area contributed by atoms with Crippen molar-refractivity contribution in [1.29, 1.82) is 0 Å². The third-order valence-electron chi connectivity index (χ3n) is 1.17. The van der Waals surface area contributed by atoms with Crippen molar-refractivity contribution >= 4 is 6.09 Å². The van der Waals surface area contributed by atoms with E-state index < -0.39 is 6.09 Å². The Labute approximate surface area is 65.0 Å². The molecule has 0 unspecified atom stereocenters. The molecule has 0 rings (SSSR count). The molecule has 0 spiro atoms. The van der Waals surface area contributed by atoms with Crippen LogP contribution in [0.1, 0.15) is 0 Å². The summed E-state index contributed by atoms with van der Waals surface area (Å²) in [4.78, 5) is 10.5. The molecule has 0 aliphatic rings. The Kier molecular flexibility index (Phi) is 5.50. The molecule has 0 radical (unpaired) electrons. The van der Waals surface area contributed by atoms with E-state index in [4.69, 9.17) is 10.2 Å². The first kappa shape index (κ1) is 10.2. The van der Waals surface area contributed by atoms with Crippen molar-refractivity contribution in [3.8, 4) is 0 Å². The zero-order valence-corrected chi connectivity index (χ0v) is 6.41. The average Bonchev–Trinajstić information content (AvgIpc) is 2.06. The van der Waals surface area contributed by atoms with Crippen LogP contribution in [-0.2, 0) is 4.74 Å². The van der Waals surface area contributed by atoms with E-state index in [9.17, 15) is 4.79 Å². The summed E-state index contributed by atoms with van der Waals surface area (Å²) in [5.74, 6) is -0.382. The summed E-state index contributed by atoms with van der Waals surface area (Å²) < 4.78 is 4.57. The summed E-state index contributed by atoms with van der Waals surface area (Å²) in [7, 11) is 1.44. The molecule has 0 fully saturated rings. The minimum Gasteiger partial charge on any atom is -0.449 e. The third kappa shape index (κ3) is 4.58. The van der Waals surface area contributed by atoms with Crippen LogP contribution in [-0.4, -0.2) is 43.2 Å². The molecular formula is C6H13NO4. The molecule has 66 valence electrons. The normalized spacial score (nSPS) is 9.82. The monoisotopic (exact) mass is 163 g/mol. The smallest absolute Gasteiger partial charge is 0.406 e. The number of nitrogens with one attached hydrogen (secondary N) is 1. The second-order valence-corrected chi connectivity index (χ2v) is 2.08. The van der Waals surface area contributed by atoms with Crippen LogP contribution in [0.25, 0.3) is 0 Å². The Hall–Kier alpha value is -0.810. The van der Waals surface area contributed by atoms with E-state index in [2.05, 4.69) is 10.1 Å². The van der Waals surface area contributed by atoms with Gasteiger partial charge >= 0.3 is 6.09 Å². The van der Waals surface area contributed by atoms with Crippen molar-refractivity contribution in [2.24, 2.45) is 5.92 Å². The number of carbonyl (C=O) groups is 1. The first-order valence-corrected chi connectivity index (χ1v) is 3.30. The predicted octanol–water partition coefficient (Wildman–Crippen LogP) is -1.06. The Morgan fingerprint density at radius 3 is 2.45 bits per heavy atom. The Morgan fingerprint density at radius 2 is 2.09 bits per heavy atom. The molecule has 1 amide bonds. The van der Waals surface area contributed by atoms with E-state index in [1.807, 2.05) is 0 Å². The maximum atomic E-state index is 10.5. The van der Waals surface area contributed by atoms with Crippen LogP contribution >= 0.6 is 0 Å². The van der Waals surface area contributed by atoms with Crippen LogP contribution in [0.2, 0.25) is 0 Å². The second kappa shape index (κ2) is 5.94. The molecule has 0 atom stereocenters. The highest BCUT2D eigenvalue weighted by Crippen LogP contribution is 1.93. The van der Waals surface area contributed by atoms with Crippen LogP contribution in [0.15, 0.2) is 0 Å². The first-order chi connectivity index (χ1) is 5.24. The van der Waals surface area contributed by atoms with Crippen LogP contribution in [0.5, 0.6) is 0 Å². The maximum Gasteiger partial charge on any atom is 0.406 e. The number of alkyl carbamates (subject to hydrolysis) is 1. The minimum absolute atomic E-state index is 0.0344.